The molecular formula is C18H19F3N2O3S. The number of halogens is 3. The van der Waals surface area contributed by atoms with Crippen molar-refractivity contribution in [2.75, 3.05) is 11.9 Å². The SMILES string of the molecule is CCc1cccc(NC(=O)CNS(=O)(=O)c2ccc(C)c(C(F)(F)F)c2)c1. The molecule has 0 heterocycles. The Morgan fingerprint density at radius 1 is 1.11 bits per heavy atom. The summed E-state index contributed by atoms with van der Waals surface area (Å²) in [5, 5.41) is 2.54. The summed E-state index contributed by atoms with van der Waals surface area (Å²) in [5.41, 5.74) is 0.377. The molecule has 0 saturated heterocycles. The quantitative estimate of drug-likeness (QED) is 0.779. The van der Waals surface area contributed by atoms with Crippen molar-refractivity contribution in [1.29, 1.82) is 0 Å². The zero-order valence-corrected chi connectivity index (χ0v) is 15.5. The van der Waals surface area contributed by atoms with Crippen LogP contribution >= 0.6 is 0 Å². The molecule has 0 aliphatic heterocycles. The number of amides is 1. The minimum absolute atomic E-state index is 0.0880. The van der Waals surface area contributed by atoms with Crippen LogP contribution in [0.25, 0.3) is 0 Å². The van der Waals surface area contributed by atoms with Gasteiger partial charge in [0, 0.05) is 5.69 Å². The third-order valence-electron chi connectivity index (χ3n) is 3.87. The molecule has 1 amide bonds. The van der Waals surface area contributed by atoms with Gasteiger partial charge in [0.2, 0.25) is 15.9 Å². The van der Waals surface area contributed by atoms with E-state index in [-0.39, 0.29) is 5.56 Å². The summed E-state index contributed by atoms with van der Waals surface area (Å²) in [6.45, 7) is 2.59. The topological polar surface area (TPSA) is 75.3 Å². The Kier molecular flexibility index (Phi) is 6.27. The number of nitrogens with one attached hydrogen (secondary N) is 2. The van der Waals surface area contributed by atoms with Crippen LogP contribution in [-0.2, 0) is 27.4 Å². The normalized spacial score (nSPS) is 12.0. The lowest BCUT2D eigenvalue weighted by atomic mass is 10.1. The second-order valence-corrected chi connectivity index (χ2v) is 7.67. The van der Waals surface area contributed by atoms with E-state index in [1.807, 2.05) is 17.7 Å². The Morgan fingerprint density at radius 3 is 2.44 bits per heavy atom. The fourth-order valence-electron chi connectivity index (χ4n) is 2.39. The van der Waals surface area contributed by atoms with Gasteiger partial charge in [-0.1, -0.05) is 25.1 Å². The maximum Gasteiger partial charge on any atom is 0.416 e. The van der Waals surface area contributed by atoms with Gasteiger partial charge in [0.05, 0.1) is 17.0 Å². The maximum absolute atomic E-state index is 13.0. The lowest BCUT2D eigenvalue weighted by Gasteiger charge is -2.13. The van der Waals surface area contributed by atoms with Gasteiger partial charge in [-0.2, -0.15) is 13.2 Å². The average molecular weight is 400 g/mol. The first-order chi connectivity index (χ1) is 12.5. The number of aryl methyl sites for hydroxylation is 2. The molecule has 2 N–H and O–H groups in total. The number of benzene rings is 2. The van der Waals surface area contributed by atoms with E-state index in [2.05, 4.69) is 5.32 Å². The van der Waals surface area contributed by atoms with Crippen LogP contribution in [0.1, 0.15) is 23.6 Å². The third-order valence-corrected chi connectivity index (χ3v) is 5.27. The monoisotopic (exact) mass is 400 g/mol. The van der Waals surface area contributed by atoms with Crippen LogP contribution in [0, 0.1) is 6.92 Å². The van der Waals surface area contributed by atoms with Crippen molar-refractivity contribution in [3.63, 3.8) is 0 Å². The first kappa shape index (κ1) is 20.9. The highest BCUT2D eigenvalue weighted by Crippen LogP contribution is 2.33. The van der Waals surface area contributed by atoms with Gasteiger partial charge in [-0.3, -0.25) is 4.79 Å². The summed E-state index contributed by atoms with van der Waals surface area (Å²) in [6.07, 6.45) is -3.90. The second kappa shape index (κ2) is 8.10. The molecule has 0 aliphatic carbocycles. The first-order valence-corrected chi connectivity index (χ1v) is 9.57. The molecule has 0 spiro atoms. The van der Waals surface area contributed by atoms with Crippen molar-refractivity contribution >= 4 is 21.6 Å². The zero-order chi connectivity index (χ0) is 20.2. The number of rotatable bonds is 6. The predicted octanol–water partition coefficient (Wildman–Crippen LogP) is 3.49. The van der Waals surface area contributed by atoms with Crippen molar-refractivity contribution in [2.45, 2.75) is 31.3 Å². The summed E-state index contributed by atoms with van der Waals surface area (Å²) >= 11 is 0. The molecule has 0 saturated carbocycles. The van der Waals surface area contributed by atoms with Crippen LogP contribution < -0.4 is 10.0 Å². The second-order valence-electron chi connectivity index (χ2n) is 5.90. The van der Waals surface area contributed by atoms with E-state index in [0.717, 1.165) is 24.1 Å². The van der Waals surface area contributed by atoms with E-state index in [4.69, 9.17) is 0 Å². The number of sulfonamides is 1. The van der Waals surface area contributed by atoms with Crippen LogP contribution in [0.3, 0.4) is 0 Å². The van der Waals surface area contributed by atoms with Crippen molar-refractivity contribution in [2.24, 2.45) is 0 Å². The Hall–Kier alpha value is -2.39. The maximum atomic E-state index is 13.0. The number of hydrogen-bond donors (Lipinski definition) is 2. The summed E-state index contributed by atoms with van der Waals surface area (Å²) in [7, 11) is -4.27. The minimum Gasteiger partial charge on any atom is -0.325 e. The molecule has 146 valence electrons. The van der Waals surface area contributed by atoms with Gasteiger partial charge in [-0.05, 0) is 48.7 Å². The van der Waals surface area contributed by atoms with E-state index in [1.54, 1.807) is 18.2 Å². The lowest BCUT2D eigenvalue weighted by molar-refractivity contribution is -0.138. The highest BCUT2D eigenvalue weighted by molar-refractivity contribution is 7.89. The van der Waals surface area contributed by atoms with Crippen LogP contribution in [-0.4, -0.2) is 20.9 Å². The molecule has 0 fully saturated rings. The average Bonchev–Trinajstić information content (AvgIpc) is 2.59. The van der Waals surface area contributed by atoms with Crippen LogP contribution in [0.2, 0.25) is 0 Å². The molecule has 2 aromatic rings. The minimum atomic E-state index is -4.67. The van der Waals surface area contributed by atoms with Crippen LogP contribution in [0.4, 0.5) is 18.9 Å². The van der Waals surface area contributed by atoms with E-state index < -0.39 is 39.1 Å². The Bertz CT molecular complexity index is 941. The van der Waals surface area contributed by atoms with E-state index in [9.17, 15) is 26.4 Å². The third kappa shape index (κ3) is 5.54. The number of carbonyl (C=O) groups excluding carboxylic acids is 1. The molecule has 0 bridgehead atoms. The fourth-order valence-corrected chi connectivity index (χ4v) is 3.40. The number of carbonyl (C=O) groups is 1. The van der Waals surface area contributed by atoms with Crippen molar-refractivity contribution in [3.05, 3.63) is 59.2 Å². The van der Waals surface area contributed by atoms with Crippen LogP contribution in [0.15, 0.2) is 47.4 Å². The van der Waals surface area contributed by atoms with Gasteiger partial charge in [0.15, 0.2) is 0 Å². The zero-order valence-electron chi connectivity index (χ0n) is 14.7. The Morgan fingerprint density at radius 2 is 1.81 bits per heavy atom. The first-order valence-electron chi connectivity index (χ1n) is 8.09. The van der Waals surface area contributed by atoms with Crippen molar-refractivity contribution in [3.8, 4) is 0 Å². The van der Waals surface area contributed by atoms with Gasteiger partial charge < -0.3 is 5.32 Å². The highest BCUT2D eigenvalue weighted by atomic mass is 32.2. The summed E-state index contributed by atoms with van der Waals surface area (Å²) in [4.78, 5) is 11.4. The van der Waals surface area contributed by atoms with E-state index in [1.165, 1.54) is 6.92 Å². The Balaban J connectivity index is 2.09. The number of hydrogen-bond acceptors (Lipinski definition) is 3. The Labute approximate surface area is 155 Å². The van der Waals surface area contributed by atoms with Crippen molar-refractivity contribution in [1.82, 2.24) is 4.72 Å². The molecule has 0 radical (unpaired) electrons. The molecule has 9 heteroatoms. The van der Waals surface area contributed by atoms with E-state index >= 15 is 0 Å². The van der Waals surface area contributed by atoms with Crippen LogP contribution in [0.5, 0.6) is 0 Å². The van der Waals surface area contributed by atoms with Gasteiger partial charge in [-0.15, -0.1) is 0 Å². The van der Waals surface area contributed by atoms with Gasteiger partial charge >= 0.3 is 6.18 Å². The molecule has 0 aliphatic rings. The molecular weight excluding hydrogens is 381 g/mol. The summed E-state index contributed by atoms with van der Waals surface area (Å²) in [5.74, 6) is -0.630. The number of anilines is 1. The summed E-state index contributed by atoms with van der Waals surface area (Å²) in [6, 6.07) is 9.74. The van der Waals surface area contributed by atoms with Crippen molar-refractivity contribution < 1.29 is 26.4 Å². The smallest absolute Gasteiger partial charge is 0.325 e. The van der Waals surface area contributed by atoms with Gasteiger partial charge in [0.1, 0.15) is 0 Å². The largest absolute Gasteiger partial charge is 0.416 e. The highest BCUT2D eigenvalue weighted by Gasteiger charge is 2.33. The molecule has 2 aromatic carbocycles. The molecule has 2 rings (SSSR count). The summed E-state index contributed by atoms with van der Waals surface area (Å²) < 4.78 is 65.3. The van der Waals surface area contributed by atoms with Gasteiger partial charge in [-0.25, -0.2) is 13.1 Å². The molecule has 0 aromatic heterocycles. The molecule has 27 heavy (non-hydrogen) atoms. The molecule has 5 nitrogen and oxygen atoms in total. The lowest BCUT2D eigenvalue weighted by Crippen LogP contribution is -2.33. The number of alkyl halides is 3. The van der Waals surface area contributed by atoms with E-state index in [0.29, 0.717) is 11.8 Å². The predicted molar refractivity (Wildman–Crippen MR) is 95.8 cm³/mol. The standard InChI is InChI=1S/C18H19F3N2O3S/c1-3-13-5-4-6-14(9-13)23-17(24)11-22-27(25,26)15-8-7-12(2)16(10-15)18(19,20)21/h4-10,22H,3,11H2,1-2H3,(H,23,24). The molecule has 0 unspecified atom stereocenters. The molecule has 0 atom stereocenters. The van der Waals surface area contributed by atoms with Gasteiger partial charge in [0.25, 0.3) is 0 Å². The fraction of sp³-hybridized carbons (Fsp3) is 0.278.